The lowest BCUT2D eigenvalue weighted by molar-refractivity contribution is -0.144. The molecule has 0 spiro atoms. The van der Waals surface area contributed by atoms with E-state index in [0.717, 1.165) is 22.3 Å². The number of rotatable bonds is 7. The Morgan fingerprint density at radius 2 is 1.97 bits per heavy atom. The molecule has 2 aromatic carbocycles. The number of nitrogens with one attached hydrogen (secondary N) is 1. The first-order valence-corrected chi connectivity index (χ1v) is 10.9. The molecule has 0 bridgehead atoms. The average molecular weight is 446 g/mol. The molecule has 0 aliphatic carbocycles. The van der Waals surface area contributed by atoms with E-state index in [2.05, 4.69) is 10.3 Å². The lowest BCUT2D eigenvalue weighted by Crippen LogP contribution is -2.58. The number of methoxy groups -OCH3 is 1. The molecule has 1 unspecified atom stereocenters. The van der Waals surface area contributed by atoms with E-state index in [0.29, 0.717) is 31.0 Å². The van der Waals surface area contributed by atoms with E-state index in [4.69, 9.17) is 9.47 Å². The fourth-order valence-corrected chi connectivity index (χ4v) is 3.97. The van der Waals surface area contributed by atoms with Gasteiger partial charge in [0.2, 0.25) is 5.91 Å². The Bertz CT molecular complexity index is 1130. The minimum absolute atomic E-state index is 0.158. The van der Waals surface area contributed by atoms with Gasteiger partial charge in [0, 0.05) is 31.9 Å². The molecule has 33 heavy (non-hydrogen) atoms. The number of pyridine rings is 1. The first-order valence-electron chi connectivity index (χ1n) is 10.9. The van der Waals surface area contributed by atoms with Crippen LogP contribution in [0.25, 0.3) is 11.1 Å². The van der Waals surface area contributed by atoms with Crippen molar-refractivity contribution in [2.24, 2.45) is 0 Å². The van der Waals surface area contributed by atoms with Gasteiger partial charge in [0.25, 0.3) is 5.91 Å². The minimum atomic E-state index is -0.598. The summed E-state index contributed by atoms with van der Waals surface area (Å²) < 4.78 is 11.1. The number of piperazine rings is 1. The van der Waals surface area contributed by atoms with Crippen molar-refractivity contribution >= 4 is 11.8 Å². The third-order valence-electron chi connectivity index (χ3n) is 5.67. The van der Waals surface area contributed by atoms with Crippen LogP contribution in [0.5, 0.6) is 11.5 Å². The molecule has 7 heteroatoms. The highest BCUT2D eigenvalue weighted by molar-refractivity contribution is 5.89. The van der Waals surface area contributed by atoms with Gasteiger partial charge in [-0.2, -0.15) is 0 Å². The topological polar surface area (TPSA) is 80.8 Å². The van der Waals surface area contributed by atoms with Crippen molar-refractivity contribution < 1.29 is 19.1 Å². The summed E-state index contributed by atoms with van der Waals surface area (Å²) in [5, 5.41) is 2.88. The molecular weight excluding hydrogens is 418 g/mol. The van der Waals surface area contributed by atoms with Crippen LogP contribution in [-0.2, 0) is 16.0 Å². The van der Waals surface area contributed by atoms with Crippen LogP contribution < -0.4 is 14.8 Å². The molecule has 1 N–H and O–H groups in total. The van der Waals surface area contributed by atoms with E-state index in [1.165, 1.54) is 0 Å². The Morgan fingerprint density at radius 1 is 1.12 bits per heavy atom. The van der Waals surface area contributed by atoms with Crippen molar-refractivity contribution in [3.63, 3.8) is 0 Å². The number of hydrogen-bond donors (Lipinski definition) is 1. The van der Waals surface area contributed by atoms with Crippen LogP contribution >= 0.6 is 0 Å². The van der Waals surface area contributed by atoms with Gasteiger partial charge in [-0.1, -0.05) is 36.4 Å². The molecule has 0 radical (unpaired) electrons. The Labute approximate surface area is 193 Å². The number of carbonyl (C=O) groups excluding carboxylic acids is 2. The van der Waals surface area contributed by atoms with Crippen molar-refractivity contribution in [2.45, 2.75) is 19.4 Å². The Morgan fingerprint density at radius 3 is 2.76 bits per heavy atom. The Kier molecular flexibility index (Phi) is 6.88. The van der Waals surface area contributed by atoms with Crippen LogP contribution in [0, 0.1) is 6.92 Å². The fourth-order valence-electron chi connectivity index (χ4n) is 3.97. The quantitative estimate of drug-likeness (QED) is 0.605. The molecule has 1 fully saturated rings. The van der Waals surface area contributed by atoms with Gasteiger partial charge >= 0.3 is 0 Å². The third kappa shape index (κ3) is 5.31. The number of aromatic nitrogens is 1. The van der Waals surface area contributed by atoms with Crippen LogP contribution in [0.4, 0.5) is 0 Å². The van der Waals surface area contributed by atoms with E-state index in [9.17, 15) is 9.59 Å². The highest BCUT2D eigenvalue weighted by Crippen LogP contribution is 2.28. The van der Waals surface area contributed by atoms with E-state index >= 15 is 0 Å². The van der Waals surface area contributed by atoms with Gasteiger partial charge in [0.05, 0.1) is 7.11 Å². The summed E-state index contributed by atoms with van der Waals surface area (Å²) in [6.07, 6.45) is 3.95. The van der Waals surface area contributed by atoms with Crippen molar-refractivity contribution in [2.75, 3.05) is 26.8 Å². The van der Waals surface area contributed by atoms with Crippen molar-refractivity contribution in [1.82, 2.24) is 15.2 Å². The van der Waals surface area contributed by atoms with Crippen LogP contribution in [0.15, 0.2) is 67.0 Å². The summed E-state index contributed by atoms with van der Waals surface area (Å²) in [6, 6.07) is 16.8. The minimum Gasteiger partial charge on any atom is -0.493 e. The molecule has 1 aromatic heterocycles. The molecule has 2 heterocycles. The maximum Gasteiger partial charge on any atom is 0.261 e. The second-order valence-corrected chi connectivity index (χ2v) is 7.98. The maximum absolute atomic E-state index is 13.0. The first kappa shape index (κ1) is 22.3. The molecule has 170 valence electrons. The average Bonchev–Trinajstić information content (AvgIpc) is 2.85. The van der Waals surface area contributed by atoms with Crippen molar-refractivity contribution in [1.29, 1.82) is 0 Å². The monoisotopic (exact) mass is 445 g/mol. The lowest BCUT2D eigenvalue weighted by Gasteiger charge is -2.35. The number of carbonyl (C=O) groups is 2. The van der Waals surface area contributed by atoms with E-state index in [-0.39, 0.29) is 18.4 Å². The van der Waals surface area contributed by atoms with E-state index in [1.807, 2.05) is 55.5 Å². The summed E-state index contributed by atoms with van der Waals surface area (Å²) in [5.41, 5.74) is 4.02. The largest absolute Gasteiger partial charge is 0.493 e. The van der Waals surface area contributed by atoms with Crippen LogP contribution in [0.3, 0.4) is 0 Å². The predicted octanol–water partition coefficient (Wildman–Crippen LogP) is 3.01. The number of hydrogen-bond acceptors (Lipinski definition) is 5. The van der Waals surface area contributed by atoms with Crippen molar-refractivity contribution in [3.8, 4) is 22.6 Å². The zero-order valence-electron chi connectivity index (χ0n) is 18.8. The summed E-state index contributed by atoms with van der Waals surface area (Å²) >= 11 is 0. The standard InChI is InChI=1S/C26H27N3O4/c1-18-8-9-23(24(13-18)32-2)33-17-25(30)29-12-11-28-26(31)22(29)15-19-5-3-6-20(14-19)21-7-4-10-27-16-21/h3-10,13-14,16,22H,11-12,15,17H2,1-2H3,(H,28,31). The molecule has 1 atom stereocenters. The molecule has 0 saturated carbocycles. The number of ether oxygens (including phenoxy) is 2. The van der Waals surface area contributed by atoms with Gasteiger partial charge in [-0.05, 0) is 47.4 Å². The molecule has 1 aliphatic heterocycles. The van der Waals surface area contributed by atoms with Gasteiger partial charge in [-0.25, -0.2) is 0 Å². The first-order chi connectivity index (χ1) is 16.0. The number of benzene rings is 2. The third-order valence-corrected chi connectivity index (χ3v) is 5.67. The molecule has 4 rings (SSSR count). The smallest absolute Gasteiger partial charge is 0.261 e. The number of nitrogens with zero attached hydrogens (tertiary/aromatic N) is 2. The second-order valence-electron chi connectivity index (χ2n) is 7.98. The Hall–Kier alpha value is -3.87. The van der Waals surface area contributed by atoms with Gasteiger partial charge in [-0.15, -0.1) is 0 Å². The Balaban J connectivity index is 1.48. The fraction of sp³-hybridized carbons (Fsp3) is 0.269. The lowest BCUT2D eigenvalue weighted by atomic mass is 9.98. The molecule has 1 aliphatic rings. The number of amides is 2. The molecule has 1 saturated heterocycles. The van der Waals surface area contributed by atoms with Gasteiger partial charge in [0.15, 0.2) is 18.1 Å². The highest BCUT2D eigenvalue weighted by atomic mass is 16.5. The van der Waals surface area contributed by atoms with E-state index in [1.54, 1.807) is 30.5 Å². The highest BCUT2D eigenvalue weighted by Gasteiger charge is 2.33. The molecule has 3 aromatic rings. The zero-order chi connectivity index (χ0) is 23.2. The summed E-state index contributed by atoms with van der Waals surface area (Å²) in [6.45, 7) is 2.65. The molecular formula is C26H27N3O4. The zero-order valence-corrected chi connectivity index (χ0v) is 18.8. The van der Waals surface area contributed by atoms with Gasteiger partial charge in [0.1, 0.15) is 6.04 Å². The number of aryl methyl sites for hydroxylation is 1. The van der Waals surface area contributed by atoms with Crippen molar-refractivity contribution in [3.05, 3.63) is 78.1 Å². The maximum atomic E-state index is 13.0. The van der Waals surface area contributed by atoms with Gasteiger partial charge < -0.3 is 19.7 Å². The van der Waals surface area contributed by atoms with E-state index < -0.39 is 6.04 Å². The molecule has 2 amide bonds. The summed E-state index contributed by atoms with van der Waals surface area (Å²) in [5.74, 6) is 0.678. The predicted molar refractivity (Wildman–Crippen MR) is 125 cm³/mol. The van der Waals surface area contributed by atoms with Crippen LogP contribution in [0.1, 0.15) is 11.1 Å². The summed E-state index contributed by atoms with van der Waals surface area (Å²) in [7, 11) is 1.56. The van der Waals surface area contributed by atoms with Gasteiger partial charge in [-0.3, -0.25) is 14.6 Å². The summed E-state index contributed by atoms with van der Waals surface area (Å²) in [4.78, 5) is 31.5. The van der Waals surface area contributed by atoms with Crippen LogP contribution in [-0.4, -0.2) is 54.5 Å². The molecule has 7 nitrogen and oxygen atoms in total. The van der Waals surface area contributed by atoms with Crippen LogP contribution in [0.2, 0.25) is 0 Å². The SMILES string of the molecule is COc1cc(C)ccc1OCC(=O)N1CCNC(=O)C1Cc1cccc(-c2cccnc2)c1. The normalized spacial score (nSPS) is 15.6. The second kappa shape index (κ2) is 10.2.